The molecule has 1 aliphatic heterocycles. The molecule has 0 unspecified atom stereocenters. The Morgan fingerprint density at radius 3 is 3.00 bits per heavy atom. The largest absolute Gasteiger partial charge is 0.324 e. The zero-order chi connectivity index (χ0) is 18.3. The van der Waals surface area contributed by atoms with Crippen molar-refractivity contribution in [2.24, 2.45) is 7.05 Å². The molecule has 1 aliphatic rings. The van der Waals surface area contributed by atoms with E-state index in [0.717, 1.165) is 5.75 Å². The molecule has 1 amide bonds. The van der Waals surface area contributed by atoms with Crippen molar-refractivity contribution in [3.63, 3.8) is 0 Å². The van der Waals surface area contributed by atoms with Gasteiger partial charge in [-0.3, -0.25) is 18.8 Å². The lowest BCUT2D eigenvalue weighted by molar-refractivity contribution is -0.132. The van der Waals surface area contributed by atoms with E-state index in [-0.39, 0.29) is 29.2 Å². The average molecular weight is 373 g/mol. The van der Waals surface area contributed by atoms with Crippen LogP contribution in [0, 0.1) is 5.82 Å². The van der Waals surface area contributed by atoms with Crippen molar-refractivity contribution in [1.82, 2.24) is 24.2 Å². The number of rotatable bonds is 3. The maximum absolute atomic E-state index is 14.1. The first-order valence-corrected chi connectivity index (χ1v) is 9.14. The standard InChI is InChI=1S/C17H16FN5O2S/c1-21-15-12(8-20-21)16(25)22(10-19-15)9-14(24)23-6-7-26-17(23)11-4-2-3-5-13(11)18/h2-5,8,10,17H,6-7,9H2,1H3/t17-/m1/s1. The highest BCUT2D eigenvalue weighted by atomic mass is 32.2. The molecule has 1 aromatic carbocycles. The predicted octanol–water partition coefficient (Wildman–Crippen LogP) is 1.54. The molecule has 2 aromatic heterocycles. The quantitative estimate of drug-likeness (QED) is 0.696. The summed E-state index contributed by atoms with van der Waals surface area (Å²) in [6.45, 7) is 0.377. The van der Waals surface area contributed by atoms with Gasteiger partial charge in [-0.1, -0.05) is 18.2 Å². The monoisotopic (exact) mass is 373 g/mol. The van der Waals surface area contributed by atoms with Crippen molar-refractivity contribution in [2.45, 2.75) is 11.9 Å². The molecular formula is C17H16FN5O2S. The van der Waals surface area contributed by atoms with E-state index in [1.54, 1.807) is 30.1 Å². The number of thioether (sulfide) groups is 1. The summed E-state index contributed by atoms with van der Waals surface area (Å²) in [5.74, 6) is 0.148. The van der Waals surface area contributed by atoms with Gasteiger partial charge in [0.25, 0.3) is 5.56 Å². The summed E-state index contributed by atoms with van der Waals surface area (Å²) in [7, 11) is 1.70. The lowest BCUT2D eigenvalue weighted by Gasteiger charge is -2.24. The molecule has 134 valence electrons. The van der Waals surface area contributed by atoms with E-state index >= 15 is 0 Å². The Bertz CT molecular complexity index is 1050. The molecule has 0 aliphatic carbocycles. The first kappa shape index (κ1) is 16.8. The van der Waals surface area contributed by atoms with E-state index in [1.165, 1.54) is 39.6 Å². The van der Waals surface area contributed by atoms with Gasteiger partial charge in [0.15, 0.2) is 5.65 Å². The molecule has 1 saturated heterocycles. The van der Waals surface area contributed by atoms with Gasteiger partial charge in [-0.05, 0) is 6.07 Å². The van der Waals surface area contributed by atoms with E-state index in [4.69, 9.17) is 0 Å². The maximum atomic E-state index is 14.1. The molecule has 1 atom stereocenters. The zero-order valence-corrected chi connectivity index (χ0v) is 14.8. The lowest BCUT2D eigenvalue weighted by Crippen LogP contribution is -2.36. The Balaban J connectivity index is 1.61. The summed E-state index contributed by atoms with van der Waals surface area (Å²) in [4.78, 5) is 31.1. The molecule has 0 radical (unpaired) electrons. The van der Waals surface area contributed by atoms with Crippen LogP contribution >= 0.6 is 11.8 Å². The summed E-state index contributed by atoms with van der Waals surface area (Å²) in [5.41, 5.74) is 0.641. The molecule has 0 N–H and O–H groups in total. The van der Waals surface area contributed by atoms with Gasteiger partial charge < -0.3 is 4.90 Å². The highest BCUT2D eigenvalue weighted by Gasteiger charge is 2.32. The summed E-state index contributed by atoms with van der Waals surface area (Å²) < 4.78 is 16.9. The number of aromatic nitrogens is 4. The van der Waals surface area contributed by atoms with Crippen LogP contribution < -0.4 is 5.56 Å². The maximum Gasteiger partial charge on any atom is 0.264 e. The van der Waals surface area contributed by atoms with Crippen LogP contribution in [0.4, 0.5) is 4.39 Å². The van der Waals surface area contributed by atoms with Crippen LogP contribution in [-0.2, 0) is 18.4 Å². The van der Waals surface area contributed by atoms with Crippen molar-refractivity contribution in [1.29, 1.82) is 0 Å². The minimum Gasteiger partial charge on any atom is -0.324 e. The topological polar surface area (TPSA) is 73.0 Å². The number of hydrogen-bond acceptors (Lipinski definition) is 5. The fourth-order valence-electron chi connectivity index (χ4n) is 3.07. The van der Waals surface area contributed by atoms with Crippen LogP contribution in [0.15, 0.2) is 41.6 Å². The number of benzene rings is 1. The summed E-state index contributed by atoms with van der Waals surface area (Å²) in [6.07, 6.45) is 2.80. The molecule has 0 bridgehead atoms. The third kappa shape index (κ3) is 2.78. The SMILES string of the molecule is Cn1ncc2c(=O)n(CC(=O)N3CCS[C@@H]3c3ccccc3F)cnc21. The third-order valence-electron chi connectivity index (χ3n) is 4.41. The number of halogens is 1. The van der Waals surface area contributed by atoms with Gasteiger partial charge in [0.05, 0.1) is 6.20 Å². The second-order valence-corrected chi connectivity index (χ2v) is 7.20. The molecule has 26 heavy (non-hydrogen) atoms. The Morgan fingerprint density at radius 1 is 1.38 bits per heavy atom. The number of carbonyl (C=O) groups excluding carboxylic acids is 1. The van der Waals surface area contributed by atoms with E-state index < -0.39 is 0 Å². The van der Waals surface area contributed by atoms with Crippen LogP contribution in [-0.4, -0.2) is 42.4 Å². The third-order valence-corrected chi connectivity index (χ3v) is 5.65. The Morgan fingerprint density at radius 2 is 2.19 bits per heavy atom. The van der Waals surface area contributed by atoms with Gasteiger partial charge in [0, 0.05) is 24.9 Å². The molecule has 0 spiro atoms. The number of carbonyl (C=O) groups is 1. The van der Waals surface area contributed by atoms with Gasteiger partial charge in [-0.2, -0.15) is 5.10 Å². The number of fused-ring (bicyclic) bond motifs is 1. The fraction of sp³-hybridized carbons (Fsp3) is 0.294. The molecular weight excluding hydrogens is 357 g/mol. The van der Waals surface area contributed by atoms with Crippen LogP contribution in [0.5, 0.6) is 0 Å². The van der Waals surface area contributed by atoms with Gasteiger partial charge in [0.2, 0.25) is 5.91 Å². The molecule has 4 rings (SSSR count). The van der Waals surface area contributed by atoms with Gasteiger partial charge in [-0.25, -0.2) is 9.37 Å². The number of nitrogens with zero attached hydrogens (tertiary/aromatic N) is 5. The highest BCUT2D eigenvalue weighted by molar-refractivity contribution is 7.99. The second kappa shape index (κ2) is 6.56. The van der Waals surface area contributed by atoms with Crippen LogP contribution in [0.2, 0.25) is 0 Å². The van der Waals surface area contributed by atoms with Crippen molar-refractivity contribution < 1.29 is 9.18 Å². The van der Waals surface area contributed by atoms with Gasteiger partial charge in [0.1, 0.15) is 29.4 Å². The summed E-state index contributed by atoms with van der Waals surface area (Å²) >= 11 is 1.52. The highest BCUT2D eigenvalue weighted by Crippen LogP contribution is 2.38. The average Bonchev–Trinajstić information content (AvgIpc) is 3.25. The van der Waals surface area contributed by atoms with Gasteiger partial charge >= 0.3 is 0 Å². The summed E-state index contributed by atoms with van der Waals surface area (Å²) in [5, 5.41) is 4.00. The van der Waals surface area contributed by atoms with Crippen LogP contribution in [0.3, 0.4) is 0 Å². The van der Waals surface area contributed by atoms with Crippen molar-refractivity contribution in [3.8, 4) is 0 Å². The van der Waals surface area contributed by atoms with Crippen LogP contribution in [0.25, 0.3) is 11.0 Å². The first-order chi connectivity index (χ1) is 12.6. The number of aryl methyl sites for hydroxylation is 1. The molecule has 9 heteroatoms. The number of hydrogen-bond donors (Lipinski definition) is 0. The molecule has 0 saturated carbocycles. The molecule has 7 nitrogen and oxygen atoms in total. The molecule has 1 fully saturated rings. The second-order valence-electron chi connectivity index (χ2n) is 6.01. The minimum atomic E-state index is -0.380. The molecule has 3 aromatic rings. The Kier molecular flexibility index (Phi) is 4.23. The van der Waals surface area contributed by atoms with Crippen molar-refractivity contribution >= 4 is 28.7 Å². The van der Waals surface area contributed by atoms with E-state index in [1.807, 2.05) is 0 Å². The van der Waals surface area contributed by atoms with E-state index in [9.17, 15) is 14.0 Å². The van der Waals surface area contributed by atoms with Crippen LogP contribution in [0.1, 0.15) is 10.9 Å². The first-order valence-electron chi connectivity index (χ1n) is 8.09. The van der Waals surface area contributed by atoms with Crippen molar-refractivity contribution in [3.05, 3.63) is 58.5 Å². The van der Waals surface area contributed by atoms with Crippen molar-refractivity contribution in [2.75, 3.05) is 12.3 Å². The van der Waals surface area contributed by atoms with E-state index in [0.29, 0.717) is 23.1 Å². The normalized spacial score (nSPS) is 17.2. The minimum absolute atomic E-state index is 0.137. The predicted molar refractivity (Wildman–Crippen MR) is 96.1 cm³/mol. The Labute approximate surface area is 152 Å². The fourth-order valence-corrected chi connectivity index (χ4v) is 4.37. The zero-order valence-electron chi connectivity index (χ0n) is 14.0. The van der Waals surface area contributed by atoms with E-state index in [2.05, 4.69) is 10.1 Å². The van der Waals surface area contributed by atoms with Gasteiger partial charge in [-0.15, -0.1) is 11.8 Å². The lowest BCUT2D eigenvalue weighted by atomic mass is 10.2. The number of amides is 1. The Hall–Kier alpha value is -2.68. The summed E-state index contributed by atoms with van der Waals surface area (Å²) in [6, 6.07) is 6.46. The molecule has 3 heterocycles. The smallest absolute Gasteiger partial charge is 0.264 e.